The van der Waals surface area contributed by atoms with Crippen LogP contribution in [0.5, 0.6) is 0 Å². The summed E-state index contributed by atoms with van der Waals surface area (Å²) in [7, 11) is 1.92. The van der Waals surface area contributed by atoms with Gasteiger partial charge in [-0.05, 0) is 43.2 Å². The molecule has 43 heavy (non-hydrogen) atoms. The number of fused-ring (bicyclic) bond motifs is 2. The van der Waals surface area contributed by atoms with Crippen LogP contribution in [0.15, 0.2) is 52.9 Å². The number of rotatable bonds is 18. The van der Waals surface area contributed by atoms with Gasteiger partial charge in [0.05, 0.1) is 42.2 Å². The number of anilines is 1. The lowest BCUT2D eigenvalue weighted by Crippen LogP contribution is -2.31. The van der Waals surface area contributed by atoms with Crippen LogP contribution >= 0.6 is 22.9 Å². The van der Waals surface area contributed by atoms with Gasteiger partial charge in [-0.15, -0.1) is 22.9 Å². The summed E-state index contributed by atoms with van der Waals surface area (Å²) in [4.78, 5) is 18.6. The molecular formula is C32H37ClN4O5S. The van der Waals surface area contributed by atoms with Gasteiger partial charge in [0.25, 0.3) is 0 Å². The van der Waals surface area contributed by atoms with Gasteiger partial charge in [0.2, 0.25) is 0 Å². The third-order valence-corrected chi connectivity index (χ3v) is 7.95. The molecule has 0 aliphatic heterocycles. The van der Waals surface area contributed by atoms with Crippen molar-refractivity contribution < 1.29 is 23.4 Å². The molecule has 0 saturated carbocycles. The van der Waals surface area contributed by atoms with E-state index in [1.807, 2.05) is 60.5 Å². The molecule has 0 spiro atoms. The van der Waals surface area contributed by atoms with Crippen LogP contribution in [0.3, 0.4) is 0 Å². The van der Waals surface area contributed by atoms with Crippen LogP contribution in [-0.4, -0.2) is 70.1 Å². The number of aromatic nitrogens is 1. The number of unbranched alkanes of at least 4 members (excludes halogenated alkanes) is 3. The van der Waals surface area contributed by atoms with Crippen LogP contribution in [0.1, 0.15) is 36.5 Å². The molecule has 0 unspecified atom stereocenters. The normalized spacial score (nSPS) is 11.6. The van der Waals surface area contributed by atoms with Crippen molar-refractivity contribution in [3.8, 4) is 6.07 Å². The van der Waals surface area contributed by atoms with E-state index in [1.165, 1.54) is 11.3 Å². The second kappa shape index (κ2) is 17.5. The highest BCUT2D eigenvalue weighted by atomic mass is 35.5. The van der Waals surface area contributed by atoms with Crippen molar-refractivity contribution in [2.45, 2.75) is 25.7 Å². The number of thiazole rings is 1. The summed E-state index contributed by atoms with van der Waals surface area (Å²) in [6, 6.07) is 17.8. The van der Waals surface area contributed by atoms with Crippen molar-refractivity contribution in [1.29, 1.82) is 5.26 Å². The van der Waals surface area contributed by atoms with E-state index in [-0.39, 0.29) is 6.61 Å². The Morgan fingerprint density at radius 1 is 1.07 bits per heavy atom. The third kappa shape index (κ3) is 10.3. The Hall–Kier alpha value is -3.62. The number of carbonyl (C=O) groups excluding carboxylic acids is 1. The maximum absolute atomic E-state index is 12.0. The van der Waals surface area contributed by atoms with Gasteiger partial charge in [-0.25, -0.2) is 9.78 Å². The first kappa shape index (κ1) is 32.3. The van der Waals surface area contributed by atoms with Crippen molar-refractivity contribution in [2.24, 2.45) is 0 Å². The lowest BCUT2D eigenvalue weighted by atomic mass is 10.2. The zero-order chi connectivity index (χ0) is 30.3. The minimum atomic E-state index is -0.482. The molecule has 0 bridgehead atoms. The number of furan rings is 1. The maximum Gasteiger partial charge on any atom is 0.407 e. The quantitative estimate of drug-likeness (QED) is 0.0709. The van der Waals surface area contributed by atoms with E-state index in [4.69, 9.17) is 30.2 Å². The number of ether oxygens (including phenoxy) is 3. The Kier molecular flexibility index (Phi) is 13.1. The van der Waals surface area contributed by atoms with Gasteiger partial charge in [-0.1, -0.05) is 25.0 Å². The molecule has 1 amide bonds. The number of amides is 1. The molecular weight excluding hydrogens is 588 g/mol. The number of para-hydroxylation sites is 1. The standard InChI is InChI=1S/C32H37ClN4O5S/c1-37(14-17-41-32(38)35-13-16-40-19-18-39-15-7-3-2-6-12-33)26-11-10-24-20-27(42-29(24)22-26)21-25(23-34)31-36-28-8-4-5-9-30(28)43-31/h4-5,8-11,20-22H,2-3,6-7,12-19H2,1H3,(H,35,38)/b25-21+. The summed E-state index contributed by atoms with van der Waals surface area (Å²) in [5, 5.41) is 14.0. The predicted octanol–water partition coefficient (Wildman–Crippen LogP) is 7.10. The second-order valence-corrected chi connectivity index (χ2v) is 11.2. The third-order valence-electron chi connectivity index (χ3n) is 6.61. The molecule has 228 valence electrons. The van der Waals surface area contributed by atoms with E-state index < -0.39 is 6.09 Å². The Morgan fingerprint density at radius 3 is 2.70 bits per heavy atom. The van der Waals surface area contributed by atoms with E-state index in [9.17, 15) is 10.1 Å². The molecule has 0 aliphatic rings. The van der Waals surface area contributed by atoms with Gasteiger partial charge in [0.1, 0.15) is 29.0 Å². The topological polar surface area (TPSA) is 110 Å². The molecule has 2 heterocycles. The zero-order valence-corrected chi connectivity index (χ0v) is 25.9. The second-order valence-electron chi connectivity index (χ2n) is 9.84. The molecule has 2 aromatic carbocycles. The number of nitrogens with one attached hydrogen (secondary N) is 1. The summed E-state index contributed by atoms with van der Waals surface area (Å²) in [6.45, 7) is 3.24. The molecule has 0 atom stereocenters. The highest BCUT2D eigenvalue weighted by Gasteiger charge is 2.12. The van der Waals surface area contributed by atoms with Crippen LogP contribution in [0.25, 0.3) is 32.8 Å². The van der Waals surface area contributed by atoms with Gasteiger partial charge in [0, 0.05) is 49.3 Å². The molecule has 0 saturated heterocycles. The number of alkyl halides is 1. The van der Waals surface area contributed by atoms with Crippen molar-refractivity contribution in [1.82, 2.24) is 10.3 Å². The van der Waals surface area contributed by atoms with Crippen LogP contribution in [0.2, 0.25) is 0 Å². The maximum atomic E-state index is 12.0. The molecule has 0 aliphatic carbocycles. The van der Waals surface area contributed by atoms with E-state index in [1.54, 1.807) is 6.08 Å². The highest BCUT2D eigenvalue weighted by Crippen LogP contribution is 2.30. The minimum absolute atomic E-state index is 0.222. The average molecular weight is 625 g/mol. The molecule has 11 heteroatoms. The SMILES string of the molecule is CN(CCOC(=O)NCCOCCOCCCCCCCl)c1ccc2cc(/C=C(\C#N)c3nc4ccccc4s3)oc2c1. The fraction of sp³-hybridized carbons (Fsp3) is 0.406. The van der Waals surface area contributed by atoms with Crippen molar-refractivity contribution in [3.05, 3.63) is 59.3 Å². The van der Waals surface area contributed by atoms with Crippen LogP contribution in [-0.2, 0) is 14.2 Å². The fourth-order valence-electron chi connectivity index (χ4n) is 4.28. The van der Waals surface area contributed by atoms with Gasteiger partial charge < -0.3 is 28.8 Å². The van der Waals surface area contributed by atoms with Gasteiger partial charge in [0.15, 0.2) is 0 Å². The Labute approximate surface area is 261 Å². The summed E-state index contributed by atoms with van der Waals surface area (Å²) in [5.74, 6) is 1.30. The van der Waals surface area contributed by atoms with Crippen molar-refractivity contribution in [2.75, 3.05) is 64.0 Å². The number of nitriles is 1. The first-order chi connectivity index (χ1) is 21.1. The number of alkyl carbamates (subject to hydrolysis) is 1. The molecule has 0 fully saturated rings. The van der Waals surface area contributed by atoms with Crippen LogP contribution in [0, 0.1) is 11.3 Å². The van der Waals surface area contributed by atoms with E-state index in [0.717, 1.165) is 59.5 Å². The number of allylic oxidation sites excluding steroid dienone is 1. The van der Waals surface area contributed by atoms with Crippen molar-refractivity contribution in [3.63, 3.8) is 0 Å². The molecule has 1 N–H and O–H groups in total. The lowest BCUT2D eigenvalue weighted by Gasteiger charge is -2.19. The Bertz CT molecular complexity index is 1500. The number of benzene rings is 2. The molecule has 4 aromatic rings. The van der Waals surface area contributed by atoms with Gasteiger partial charge >= 0.3 is 6.09 Å². The Balaban J connectivity index is 1.15. The van der Waals surface area contributed by atoms with Crippen molar-refractivity contribution >= 4 is 67.6 Å². The number of nitrogens with zero attached hydrogens (tertiary/aromatic N) is 3. The van der Waals surface area contributed by atoms with E-state index in [2.05, 4.69) is 16.4 Å². The monoisotopic (exact) mass is 624 g/mol. The van der Waals surface area contributed by atoms with Crippen LogP contribution < -0.4 is 10.2 Å². The smallest absolute Gasteiger partial charge is 0.407 e. The minimum Gasteiger partial charge on any atom is -0.457 e. The molecule has 9 nitrogen and oxygen atoms in total. The number of likely N-dealkylation sites (N-methyl/N-ethyl adjacent to an activating group) is 1. The van der Waals surface area contributed by atoms with Crippen LogP contribution in [0.4, 0.5) is 10.5 Å². The summed E-state index contributed by atoms with van der Waals surface area (Å²) >= 11 is 7.14. The zero-order valence-electron chi connectivity index (χ0n) is 24.4. The average Bonchev–Trinajstić information content (AvgIpc) is 3.63. The highest BCUT2D eigenvalue weighted by molar-refractivity contribution is 7.19. The molecule has 0 radical (unpaired) electrons. The summed E-state index contributed by atoms with van der Waals surface area (Å²) in [5.41, 5.74) is 2.93. The number of hydrogen-bond acceptors (Lipinski definition) is 9. The van der Waals surface area contributed by atoms with Gasteiger partial charge in [-0.2, -0.15) is 5.26 Å². The number of hydrogen-bond donors (Lipinski definition) is 1. The largest absolute Gasteiger partial charge is 0.457 e. The summed E-state index contributed by atoms with van der Waals surface area (Å²) in [6.07, 6.45) is 5.60. The summed E-state index contributed by atoms with van der Waals surface area (Å²) < 4.78 is 23.4. The first-order valence-electron chi connectivity index (χ1n) is 14.4. The van der Waals surface area contributed by atoms with E-state index in [0.29, 0.717) is 54.8 Å². The first-order valence-corrected chi connectivity index (χ1v) is 15.8. The Morgan fingerprint density at radius 2 is 1.88 bits per heavy atom. The predicted molar refractivity (Wildman–Crippen MR) is 173 cm³/mol. The van der Waals surface area contributed by atoms with Gasteiger partial charge in [-0.3, -0.25) is 0 Å². The lowest BCUT2D eigenvalue weighted by molar-refractivity contribution is 0.0469. The number of carbonyl (C=O) groups is 1. The fourth-order valence-corrected chi connectivity index (χ4v) is 5.40. The number of halogens is 1. The van der Waals surface area contributed by atoms with E-state index >= 15 is 0 Å². The molecule has 2 aromatic heterocycles. The molecule has 4 rings (SSSR count).